The number of halogens is 1. The molecule has 4 aromatic rings. The fourth-order valence-electron chi connectivity index (χ4n) is 4.48. The molecule has 1 saturated heterocycles. The fraction of sp³-hybridized carbons (Fsp3) is 0.308. The second-order valence-corrected chi connectivity index (χ2v) is 11.2. The first-order valence-electron chi connectivity index (χ1n) is 12.3. The van der Waals surface area contributed by atoms with Crippen LogP contribution in [-0.4, -0.2) is 75.6 Å². The normalized spacial score (nSPS) is 14.7. The third-order valence-corrected chi connectivity index (χ3v) is 7.56. The number of aryl methyl sites for hydroxylation is 1. The van der Waals surface area contributed by atoms with Crippen molar-refractivity contribution in [2.45, 2.75) is 6.92 Å². The third-order valence-electron chi connectivity index (χ3n) is 6.49. The van der Waals surface area contributed by atoms with Crippen LogP contribution < -0.4 is 25.0 Å². The van der Waals surface area contributed by atoms with E-state index >= 15 is 0 Å². The Morgan fingerprint density at radius 3 is 2.54 bits per heavy atom. The lowest BCUT2D eigenvalue weighted by molar-refractivity contribution is 0.312. The standard InChI is InChI=1S/C26H30BrN9O2S/c1-16-13-20(22(38-3)14-21(16)36-11-9-35(2)10-12-36)32-26-30-15-17(27)25(33-26)31-19-6-5-18-23(29-8-7-28-18)24(19)34-39(4)37/h5-8,13-15,34H,9-12H2,1-4H3,(H2,30,31,32,33). The Labute approximate surface area is 238 Å². The zero-order valence-electron chi connectivity index (χ0n) is 22.2. The Kier molecular flexibility index (Phi) is 8.10. The van der Waals surface area contributed by atoms with Crippen molar-refractivity contribution in [1.82, 2.24) is 24.8 Å². The first kappa shape index (κ1) is 27.0. The van der Waals surface area contributed by atoms with Crippen LogP contribution in [0.15, 0.2) is 47.3 Å². The van der Waals surface area contributed by atoms with Crippen molar-refractivity contribution < 1.29 is 8.95 Å². The lowest BCUT2D eigenvalue weighted by Crippen LogP contribution is -2.44. The number of piperazine rings is 1. The largest absolute Gasteiger partial charge is 0.494 e. The van der Waals surface area contributed by atoms with Crippen molar-refractivity contribution in [3.05, 3.63) is 52.9 Å². The van der Waals surface area contributed by atoms with Crippen LogP contribution in [0.3, 0.4) is 0 Å². The lowest BCUT2D eigenvalue weighted by Gasteiger charge is -2.35. The molecule has 11 nitrogen and oxygen atoms in total. The van der Waals surface area contributed by atoms with E-state index in [1.165, 1.54) is 0 Å². The topological polar surface area (TPSA) is 120 Å². The highest BCUT2D eigenvalue weighted by Crippen LogP contribution is 2.37. The molecule has 1 aliphatic heterocycles. The van der Waals surface area contributed by atoms with E-state index < -0.39 is 11.0 Å². The predicted molar refractivity (Wildman–Crippen MR) is 161 cm³/mol. The van der Waals surface area contributed by atoms with Gasteiger partial charge in [0.05, 0.1) is 34.2 Å². The van der Waals surface area contributed by atoms with E-state index in [4.69, 9.17) is 9.72 Å². The molecular formula is C26H30BrN9O2S. The summed E-state index contributed by atoms with van der Waals surface area (Å²) in [5.74, 6) is 1.62. The number of methoxy groups -OCH3 is 1. The summed E-state index contributed by atoms with van der Waals surface area (Å²) in [6.45, 7) is 6.10. The molecule has 0 amide bonds. The summed E-state index contributed by atoms with van der Waals surface area (Å²) < 4.78 is 21.4. The van der Waals surface area contributed by atoms with Crippen molar-refractivity contribution in [2.24, 2.45) is 0 Å². The maximum absolute atomic E-state index is 12.1. The van der Waals surface area contributed by atoms with Crippen molar-refractivity contribution in [3.8, 4) is 5.75 Å². The van der Waals surface area contributed by atoms with E-state index in [1.54, 1.807) is 32.0 Å². The van der Waals surface area contributed by atoms with Gasteiger partial charge in [0.15, 0.2) is 0 Å². The number of nitrogens with one attached hydrogen (secondary N) is 3. The van der Waals surface area contributed by atoms with Crippen LogP contribution in [-0.2, 0) is 11.0 Å². The molecule has 5 rings (SSSR count). The summed E-state index contributed by atoms with van der Waals surface area (Å²) in [6, 6.07) is 7.82. The third kappa shape index (κ3) is 6.05. The minimum absolute atomic E-state index is 0.389. The molecule has 39 heavy (non-hydrogen) atoms. The molecule has 1 aliphatic rings. The molecule has 1 atom stereocenters. The number of aromatic nitrogens is 4. The number of rotatable bonds is 8. The summed E-state index contributed by atoms with van der Waals surface area (Å²) in [7, 11) is 2.49. The van der Waals surface area contributed by atoms with Crippen molar-refractivity contribution in [1.29, 1.82) is 0 Å². The van der Waals surface area contributed by atoms with Gasteiger partial charge in [-0.1, -0.05) is 0 Å². The lowest BCUT2D eigenvalue weighted by atomic mass is 10.1. The average molecular weight is 613 g/mol. The van der Waals surface area contributed by atoms with Gasteiger partial charge in [-0.25, -0.2) is 9.19 Å². The maximum Gasteiger partial charge on any atom is 0.229 e. The van der Waals surface area contributed by atoms with Gasteiger partial charge in [-0.2, -0.15) is 4.98 Å². The molecule has 0 bridgehead atoms. The number of hydrogen-bond acceptors (Lipinski definition) is 10. The highest BCUT2D eigenvalue weighted by atomic mass is 79.9. The first-order valence-corrected chi connectivity index (χ1v) is 14.7. The molecule has 3 N–H and O–H groups in total. The van der Waals surface area contributed by atoms with Gasteiger partial charge in [0.25, 0.3) is 0 Å². The van der Waals surface area contributed by atoms with Crippen LogP contribution in [0, 0.1) is 6.92 Å². The number of fused-ring (bicyclic) bond motifs is 1. The molecule has 1 fully saturated rings. The average Bonchev–Trinajstić information content (AvgIpc) is 2.92. The minimum atomic E-state index is -1.32. The Balaban J connectivity index is 1.44. The van der Waals surface area contributed by atoms with Gasteiger partial charge in [0.2, 0.25) is 5.95 Å². The number of hydrogen-bond donors (Lipinski definition) is 3. The quantitative estimate of drug-likeness (QED) is 0.263. The molecule has 13 heteroatoms. The summed E-state index contributed by atoms with van der Waals surface area (Å²) in [4.78, 5) is 22.7. The summed E-state index contributed by atoms with van der Waals surface area (Å²) >= 11 is 3.54. The molecule has 0 aliphatic carbocycles. The van der Waals surface area contributed by atoms with Crippen molar-refractivity contribution in [3.63, 3.8) is 0 Å². The van der Waals surface area contributed by atoms with Crippen LogP contribution in [0.2, 0.25) is 0 Å². The molecular weight excluding hydrogens is 582 g/mol. The summed E-state index contributed by atoms with van der Waals surface area (Å²) in [5.41, 5.74) is 5.57. The second-order valence-electron chi connectivity index (χ2n) is 9.24. The Morgan fingerprint density at radius 2 is 1.79 bits per heavy atom. The number of anilines is 6. The summed E-state index contributed by atoms with van der Waals surface area (Å²) in [6.07, 6.45) is 6.45. The fourth-order valence-corrected chi connectivity index (χ4v) is 5.27. The van der Waals surface area contributed by atoms with E-state index in [9.17, 15) is 4.21 Å². The highest BCUT2D eigenvalue weighted by Gasteiger charge is 2.19. The van der Waals surface area contributed by atoms with Gasteiger partial charge in [0.1, 0.15) is 28.1 Å². The SMILES string of the molecule is COc1cc(N2CCN(C)CC2)c(C)cc1Nc1ncc(Br)c(Nc2ccc3nccnc3c2NS(C)=O)n1. The van der Waals surface area contributed by atoms with Gasteiger partial charge in [-0.15, -0.1) is 0 Å². The van der Waals surface area contributed by atoms with Crippen LogP contribution in [0.1, 0.15) is 5.56 Å². The Bertz CT molecular complexity index is 1530. The zero-order chi connectivity index (χ0) is 27.5. The predicted octanol–water partition coefficient (Wildman–Crippen LogP) is 4.44. The monoisotopic (exact) mass is 611 g/mol. The smallest absolute Gasteiger partial charge is 0.229 e. The van der Waals surface area contributed by atoms with Gasteiger partial charge < -0.3 is 29.9 Å². The van der Waals surface area contributed by atoms with Crippen molar-refractivity contribution >= 4 is 72.5 Å². The van der Waals surface area contributed by atoms with Gasteiger partial charge in [-0.05, 0) is 53.7 Å². The van der Waals surface area contributed by atoms with E-state index in [2.05, 4.69) is 82.1 Å². The molecule has 2 aromatic heterocycles. The molecule has 2 aromatic carbocycles. The number of benzene rings is 2. The minimum Gasteiger partial charge on any atom is -0.494 e. The van der Waals surface area contributed by atoms with E-state index in [-0.39, 0.29) is 0 Å². The van der Waals surface area contributed by atoms with E-state index in [1.807, 2.05) is 12.1 Å². The van der Waals surface area contributed by atoms with Crippen LogP contribution in [0.25, 0.3) is 11.0 Å². The molecule has 0 radical (unpaired) electrons. The van der Waals surface area contributed by atoms with Crippen LogP contribution in [0.4, 0.5) is 34.5 Å². The molecule has 3 heterocycles. The van der Waals surface area contributed by atoms with Crippen molar-refractivity contribution in [2.75, 3.05) is 66.8 Å². The first-order chi connectivity index (χ1) is 18.8. The number of nitrogens with zero attached hydrogens (tertiary/aromatic N) is 6. The Hall–Kier alpha value is -3.55. The number of ether oxygens (including phenoxy) is 1. The van der Waals surface area contributed by atoms with Gasteiger partial charge >= 0.3 is 0 Å². The van der Waals surface area contributed by atoms with Gasteiger partial charge in [0, 0.05) is 62.8 Å². The van der Waals surface area contributed by atoms with E-state index in [0.29, 0.717) is 44.4 Å². The van der Waals surface area contributed by atoms with Gasteiger partial charge in [-0.3, -0.25) is 9.97 Å². The molecule has 0 spiro atoms. The number of likely N-dealkylation sites (N-methyl/N-ethyl adjacent to an activating group) is 1. The molecule has 0 saturated carbocycles. The summed E-state index contributed by atoms with van der Waals surface area (Å²) in [5, 5.41) is 6.63. The highest BCUT2D eigenvalue weighted by molar-refractivity contribution is 9.10. The maximum atomic E-state index is 12.1. The zero-order valence-corrected chi connectivity index (χ0v) is 24.6. The van der Waals surface area contributed by atoms with E-state index in [0.717, 1.165) is 43.1 Å². The van der Waals surface area contributed by atoms with Crippen LogP contribution >= 0.6 is 15.9 Å². The van der Waals surface area contributed by atoms with Crippen LogP contribution in [0.5, 0.6) is 5.75 Å². The molecule has 1 unspecified atom stereocenters. The molecule has 204 valence electrons. The second kappa shape index (κ2) is 11.7. The Morgan fingerprint density at radius 1 is 1.03 bits per heavy atom.